The molecule has 0 N–H and O–H groups in total. The lowest BCUT2D eigenvalue weighted by Gasteiger charge is -2.36. The van der Waals surface area contributed by atoms with E-state index in [0.717, 1.165) is 43.4 Å². The first-order chi connectivity index (χ1) is 15.6. The minimum Gasteiger partial charge on any atom is -0.496 e. The molecule has 166 valence electrons. The summed E-state index contributed by atoms with van der Waals surface area (Å²) in [5.74, 6) is 0.145. The number of esters is 1. The molecule has 0 atom stereocenters. The smallest absolute Gasteiger partial charge is 0.341 e. The number of methoxy groups -OCH3 is 2. The Bertz CT molecular complexity index is 1080. The monoisotopic (exact) mass is 450 g/mol. The molecular weight excluding hydrogens is 424 g/mol. The van der Waals surface area contributed by atoms with Crippen LogP contribution in [0, 0.1) is 0 Å². The first kappa shape index (κ1) is 22.2. The molecule has 1 heterocycles. The van der Waals surface area contributed by atoms with Crippen LogP contribution >= 0.6 is 11.6 Å². The van der Waals surface area contributed by atoms with Crippen LogP contribution in [0.15, 0.2) is 66.7 Å². The van der Waals surface area contributed by atoms with Crippen LogP contribution in [-0.2, 0) is 11.3 Å². The van der Waals surface area contributed by atoms with E-state index >= 15 is 0 Å². The number of ether oxygens (including phenoxy) is 2. The van der Waals surface area contributed by atoms with Gasteiger partial charge < -0.3 is 14.4 Å². The molecule has 0 aromatic heterocycles. The summed E-state index contributed by atoms with van der Waals surface area (Å²) in [6.07, 6.45) is 0. The average Bonchev–Trinajstić information content (AvgIpc) is 2.84. The number of anilines is 1. The molecule has 1 saturated heterocycles. The topological polar surface area (TPSA) is 42.0 Å². The summed E-state index contributed by atoms with van der Waals surface area (Å²) in [5, 5.41) is 0.749. The molecule has 1 fully saturated rings. The first-order valence-corrected chi connectivity index (χ1v) is 11.0. The van der Waals surface area contributed by atoms with E-state index in [-0.39, 0.29) is 0 Å². The third-order valence-corrected chi connectivity index (χ3v) is 6.15. The van der Waals surface area contributed by atoms with Crippen molar-refractivity contribution in [3.05, 3.63) is 82.9 Å². The van der Waals surface area contributed by atoms with E-state index in [1.54, 1.807) is 13.2 Å². The minimum atomic E-state index is -0.391. The van der Waals surface area contributed by atoms with Gasteiger partial charge in [0.15, 0.2) is 0 Å². The van der Waals surface area contributed by atoms with Crippen LogP contribution in [0.25, 0.3) is 11.1 Å². The fourth-order valence-electron chi connectivity index (χ4n) is 4.13. The van der Waals surface area contributed by atoms with Gasteiger partial charge >= 0.3 is 5.97 Å². The Morgan fingerprint density at radius 3 is 2.34 bits per heavy atom. The maximum Gasteiger partial charge on any atom is 0.341 e. The number of halogens is 1. The molecule has 3 aromatic carbocycles. The van der Waals surface area contributed by atoms with Crippen molar-refractivity contribution >= 4 is 23.3 Å². The summed E-state index contributed by atoms with van der Waals surface area (Å²) < 4.78 is 10.3. The van der Waals surface area contributed by atoms with Crippen molar-refractivity contribution in [2.45, 2.75) is 6.54 Å². The van der Waals surface area contributed by atoms with E-state index in [2.05, 4.69) is 46.2 Å². The summed E-state index contributed by atoms with van der Waals surface area (Å²) in [4.78, 5) is 16.7. The number of piperazine rings is 1. The molecule has 1 aliphatic heterocycles. The van der Waals surface area contributed by atoms with Gasteiger partial charge in [0, 0.05) is 49.5 Å². The van der Waals surface area contributed by atoms with Gasteiger partial charge in [0.05, 0.1) is 14.2 Å². The van der Waals surface area contributed by atoms with Gasteiger partial charge in [-0.25, -0.2) is 4.79 Å². The summed E-state index contributed by atoms with van der Waals surface area (Å²) in [7, 11) is 2.95. The van der Waals surface area contributed by atoms with Crippen molar-refractivity contribution < 1.29 is 14.3 Å². The van der Waals surface area contributed by atoms with Crippen LogP contribution in [0.1, 0.15) is 15.9 Å². The molecule has 0 unspecified atom stereocenters. The number of carbonyl (C=O) groups excluding carboxylic acids is 1. The van der Waals surface area contributed by atoms with Gasteiger partial charge in [0.25, 0.3) is 0 Å². The molecule has 3 aromatic rings. The number of nitrogens with zero attached hydrogens (tertiary/aromatic N) is 2. The van der Waals surface area contributed by atoms with Crippen LogP contribution in [0.5, 0.6) is 5.75 Å². The van der Waals surface area contributed by atoms with Crippen molar-refractivity contribution in [2.75, 3.05) is 45.3 Å². The summed E-state index contributed by atoms with van der Waals surface area (Å²) >= 11 is 6.07. The molecular formula is C26H27ClN2O3. The fraction of sp³-hybridized carbons (Fsp3) is 0.269. The van der Waals surface area contributed by atoms with Crippen molar-refractivity contribution in [2.24, 2.45) is 0 Å². The third kappa shape index (κ3) is 4.90. The van der Waals surface area contributed by atoms with Crippen molar-refractivity contribution in [3.63, 3.8) is 0 Å². The highest BCUT2D eigenvalue weighted by Gasteiger charge is 2.21. The molecule has 0 radical (unpaired) electrons. The molecule has 32 heavy (non-hydrogen) atoms. The summed E-state index contributed by atoms with van der Waals surface area (Å²) in [5.41, 5.74) is 5.23. The second kappa shape index (κ2) is 10.1. The molecule has 5 nitrogen and oxygen atoms in total. The Morgan fingerprint density at radius 2 is 1.66 bits per heavy atom. The fourth-order valence-corrected chi connectivity index (χ4v) is 4.26. The molecule has 0 bridgehead atoms. The van der Waals surface area contributed by atoms with Gasteiger partial charge in [0.2, 0.25) is 0 Å². The highest BCUT2D eigenvalue weighted by atomic mass is 35.5. The zero-order valence-electron chi connectivity index (χ0n) is 18.4. The van der Waals surface area contributed by atoms with E-state index in [1.807, 2.05) is 24.3 Å². The molecule has 0 amide bonds. The van der Waals surface area contributed by atoms with Crippen molar-refractivity contribution in [3.8, 4) is 16.9 Å². The van der Waals surface area contributed by atoms with E-state index in [9.17, 15) is 4.79 Å². The molecule has 0 spiro atoms. The predicted octanol–water partition coefficient (Wildman–Crippen LogP) is 5.12. The Balaban J connectivity index is 1.43. The van der Waals surface area contributed by atoms with Crippen molar-refractivity contribution in [1.29, 1.82) is 0 Å². The second-order valence-corrected chi connectivity index (χ2v) is 8.24. The number of carbonyl (C=O) groups is 1. The Morgan fingerprint density at radius 1 is 0.938 bits per heavy atom. The molecule has 1 aliphatic rings. The maximum absolute atomic E-state index is 11.9. The first-order valence-electron chi connectivity index (χ1n) is 10.7. The second-order valence-electron chi connectivity index (χ2n) is 7.80. The number of benzene rings is 3. The standard InChI is InChI=1S/C26H27ClN2O3/c1-31-25-17-22(11-12-24(25)26(30)32-2)29-15-13-28(14-16-29)18-20-5-3-4-6-23(20)19-7-9-21(27)10-8-19/h3-12,17H,13-16,18H2,1-2H3. The maximum atomic E-state index is 11.9. The van der Waals surface area contributed by atoms with E-state index in [4.69, 9.17) is 21.1 Å². The zero-order chi connectivity index (χ0) is 22.5. The van der Waals surface area contributed by atoms with E-state index in [0.29, 0.717) is 11.3 Å². The number of hydrogen-bond donors (Lipinski definition) is 0. The van der Waals surface area contributed by atoms with Gasteiger partial charge in [-0.2, -0.15) is 0 Å². The number of hydrogen-bond acceptors (Lipinski definition) is 5. The van der Waals surface area contributed by atoms with Crippen LogP contribution in [0.4, 0.5) is 5.69 Å². The lowest BCUT2D eigenvalue weighted by Crippen LogP contribution is -2.46. The lowest BCUT2D eigenvalue weighted by atomic mass is 9.99. The number of rotatable bonds is 6. The highest BCUT2D eigenvalue weighted by molar-refractivity contribution is 6.30. The Kier molecular flexibility index (Phi) is 6.98. The van der Waals surface area contributed by atoms with Gasteiger partial charge in [-0.3, -0.25) is 4.90 Å². The van der Waals surface area contributed by atoms with Crippen molar-refractivity contribution in [1.82, 2.24) is 4.90 Å². The molecule has 0 saturated carbocycles. The zero-order valence-corrected chi connectivity index (χ0v) is 19.1. The van der Waals surface area contributed by atoms with Crippen LogP contribution in [0.2, 0.25) is 5.02 Å². The summed E-state index contributed by atoms with van der Waals surface area (Å²) in [6.45, 7) is 4.62. The molecule has 0 aliphatic carbocycles. The van der Waals surface area contributed by atoms with E-state index < -0.39 is 5.97 Å². The average molecular weight is 451 g/mol. The van der Waals surface area contributed by atoms with Crippen LogP contribution < -0.4 is 9.64 Å². The Labute approximate surface area is 194 Å². The van der Waals surface area contributed by atoms with Crippen LogP contribution in [0.3, 0.4) is 0 Å². The summed E-state index contributed by atoms with van der Waals surface area (Å²) in [6, 6.07) is 22.2. The van der Waals surface area contributed by atoms with Crippen LogP contribution in [-0.4, -0.2) is 51.3 Å². The minimum absolute atomic E-state index is 0.391. The van der Waals surface area contributed by atoms with Gasteiger partial charge in [-0.1, -0.05) is 48.0 Å². The van der Waals surface area contributed by atoms with E-state index in [1.165, 1.54) is 23.8 Å². The molecule has 6 heteroatoms. The molecule has 4 rings (SSSR count). The quantitative estimate of drug-likeness (QED) is 0.487. The predicted molar refractivity (Wildman–Crippen MR) is 129 cm³/mol. The normalized spacial score (nSPS) is 14.3. The van der Waals surface area contributed by atoms with Gasteiger partial charge in [-0.05, 0) is 41.0 Å². The lowest BCUT2D eigenvalue weighted by molar-refractivity contribution is 0.0597. The van der Waals surface area contributed by atoms with Gasteiger partial charge in [-0.15, -0.1) is 0 Å². The SMILES string of the molecule is COC(=O)c1ccc(N2CCN(Cc3ccccc3-c3ccc(Cl)cc3)CC2)cc1OC. The third-order valence-electron chi connectivity index (χ3n) is 5.89. The van der Waals surface area contributed by atoms with Gasteiger partial charge in [0.1, 0.15) is 11.3 Å². The Hall–Kier alpha value is -3.02. The largest absolute Gasteiger partial charge is 0.496 e. The highest BCUT2D eigenvalue weighted by Crippen LogP contribution is 2.29.